The minimum absolute atomic E-state index is 0.0102. The van der Waals surface area contributed by atoms with Gasteiger partial charge in [-0.1, -0.05) is 6.92 Å². The molecule has 0 aromatic heterocycles. The summed E-state index contributed by atoms with van der Waals surface area (Å²) in [5.41, 5.74) is 0.201. The predicted octanol–water partition coefficient (Wildman–Crippen LogP) is 2.67. The Morgan fingerprint density at radius 3 is 2.58 bits per heavy atom. The first-order chi connectivity index (χ1) is 20.4. The molecule has 12 heteroatoms. The van der Waals surface area contributed by atoms with Crippen LogP contribution in [0.2, 0.25) is 18.6 Å². The number of benzene rings is 1. The number of ether oxygens (including phenoxy) is 2. The Labute approximate surface area is 254 Å². The van der Waals surface area contributed by atoms with Crippen molar-refractivity contribution in [3.05, 3.63) is 23.8 Å². The van der Waals surface area contributed by atoms with E-state index in [1.54, 1.807) is 14.7 Å². The van der Waals surface area contributed by atoms with Crippen LogP contribution in [-0.4, -0.2) is 92.3 Å². The Balaban J connectivity index is 1.52. The second-order valence-electron chi connectivity index (χ2n) is 13.0. The molecule has 43 heavy (non-hydrogen) atoms. The third-order valence-corrected chi connectivity index (χ3v) is 12.4. The molecule has 11 nitrogen and oxygen atoms in total. The SMILES string of the molecule is COC(=O)CCCCN1C(=O)[C@@]2(O[C@@H](CC(=O)N3CCC[C@H]3CO)[C@H]([Si](C)(C)O)[C@H]2C)c2cc(N3CCCC3=O)ccc21. The standard InChI is InChI=1S/C31H45N3O8Si/c1-20-29(43(3,4)40)25(18-27(37)33-15-7-9-22(33)19-35)42-31(20)23-17-21(32-16-8-10-26(32)36)12-13-24(23)34(30(31)39)14-6-5-11-28(38)41-2/h12-13,17,20,22,25,29,35,40H,5-11,14-16,18-19H2,1-4H3/t20-,22+,25+,29-,31+/m1/s1. The molecule has 236 valence electrons. The number of carbonyl (C=O) groups is 4. The zero-order valence-corrected chi connectivity index (χ0v) is 26.7. The second kappa shape index (κ2) is 12.3. The fourth-order valence-corrected chi connectivity index (χ4v) is 10.4. The van der Waals surface area contributed by atoms with Gasteiger partial charge in [0.1, 0.15) is 0 Å². The van der Waals surface area contributed by atoms with Crippen molar-refractivity contribution in [3.63, 3.8) is 0 Å². The van der Waals surface area contributed by atoms with Gasteiger partial charge in [-0.25, -0.2) is 0 Å². The van der Waals surface area contributed by atoms with Crippen molar-refractivity contribution < 1.29 is 38.6 Å². The van der Waals surface area contributed by atoms with Gasteiger partial charge in [0.2, 0.25) is 11.8 Å². The first-order valence-corrected chi connectivity index (χ1v) is 18.6. The number of aliphatic hydroxyl groups excluding tert-OH is 1. The predicted molar refractivity (Wildman–Crippen MR) is 162 cm³/mol. The number of anilines is 2. The number of unbranched alkanes of at least 4 members (excludes halogenated alkanes) is 1. The summed E-state index contributed by atoms with van der Waals surface area (Å²) in [4.78, 5) is 69.2. The summed E-state index contributed by atoms with van der Waals surface area (Å²) in [7, 11) is -1.63. The quantitative estimate of drug-likeness (QED) is 0.233. The molecule has 1 spiro atoms. The molecule has 0 radical (unpaired) electrons. The van der Waals surface area contributed by atoms with E-state index in [0.717, 1.165) is 19.3 Å². The number of fused-ring (bicyclic) bond motifs is 2. The number of likely N-dealkylation sites (tertiary alicyclic amines) is 1. The van der Waals surface area contributed by atoms with Gasteiger partial charge in [0, 0.05) is 55.2 Å². The van der Waals surface area contributed by atoms with Gasteiger partial charge in [-0.3, -0.25) is 19.2 Å². The third-order valence-electron chi connectivity index (χ3n) is 9.88. The Morgan fingerprint density at radius 2 is 1.93 bits per heavy atom. The highest BCUT2D eigenvalue weighted by atomic mass is 28.4. The van der Waals surface area contributed by atoms with E-state index >= 15 is 0 Å². The number of hydrogen-bond acceptors (Lipinski definition) is 8. The monoisotopic (exact) mass is 615 g/mol. The lowest BCUT2D eigenvalue weighted by molar-refractivity contribution is -0.150. The van der Waals surface area contributed by atoms with E-state index in [-0.39, 0.29) is 49.2 Å². The number of nitrogens with zero attached hydrogens (tertiary/aromatic N) is 3. The second-order valence-corrected chi connectivity index (χ2v) is 16.9. The first-order valence-electron chi connectivity index (χ1n) is 15.6. The van der Waals surface area contributed by atoms with Gasteiger partial charge in [0.25, 0.3) is 5.91 Å². The lowest BCUT2D eigenvalue weighted by Gasteiger charge is -2.33. The van der Waals surface area contributed by atoms with Crippen LogP contribution in [0.1, 0.15) is 63.9 Å². The van der Waals surface area contributed by atoms with Crippen molar-refractivity contribution >= 4 is 43.4 Å². The van der Waals surface area contributed by atoms with E-state index in [4.69, 9.17) is 9.47 Å². The van der Waals surface area contributed by atoms with Gasteiger partial charge in [-0.05, 0) is 63.4 Å². The number of esters is 1. The van der Waals surface area contributed by atoms with Crippen molar-refractivity contribution in [2.24, 2.45) is 5.92 Å². The average molecular weight is 616 g/mol. The van der Waals surface area contributed by atoms with Crippen molar-refractivity contribution in [2.75, 3.05) is 43.2 Å². The van der Waals surface area contributed by atoms with Gasteiger partial charge >= 0.3 is 5.97 Å². The molecule has 0 saturated carbocycles. The summed E-state index contributed by atoms with van der Waals surface area (Å²) < 4.78 is 11.6. The number of hydrogen-bond donors (Lipinski definition) is 2. The number of amides is 3. The van der Waals surface area contributed by atoms with E-state index in [1.165, 1.54) is 7.11 Å². The highest BCUT2D eigenvalue weighted by molar-refractivity contribution is 6.71. The van der Waals surface area contributed by atoms with Crippen LogP contribution >= 0.6 is 0 Å². The van der Waals surface area contributed by atoms with Crippen molar-refractivity contribution in [2.45, 2.75) is 94.7 Å². The van der Waals surface area contributed by atoms with Gasteiger partial charge < -0.3 is 34.1 Å². The molecule has 5 rings (SSSR count). The molecular formula is C31H45N3O8Si. The maximum absolute atomic E-state index is 14.6. The van der Waals surface area contributed by atoms with E-state index in [9.17, 15) is 29.1 Å². The van der Waals surface area contributed by atoms with Crippen LogP contribution in [0.25, 0.3) is 0 Å². The van der Waals surface area contributed by atoms with Gasteiger partial charge in [0.15, 0.2) is 13.9 Å². The van der Waals surface area contributed by atoms with Crippen LogP contribution in [0.5, 0.6) is 0 Å². The van der Waals surface area contributed by atoms with Gasteiger partial charge in [-0.2, -0.15) is 0 Å². The molecule has 1 aromatic carbocycles. The van der Waals surface area contributed by atoms with Crippen LogP contribution in [-0.2, 0) is 34.3 Å². The zero-order valence-electron chi connectivity index (χ0n) is 25.7. The summed E-state index contributed by atoms with van der Waals surface area (Å²) >= 11 is 0. The number of methoxy groups -OCH3 is 1. The number of rotatable bonds is 10. The molecule has 5 atom stereocenters. The lowest BCUT2D eigenvalue weighted by Crippen LogP contribution is -2.46. The van der Waals surface area contributed by atoms with Crippen molar-refractivity contribution in [3.8, 4) is 0 Å². The maximum Gasteiger partial charge on any atom is 0.305 e. The summed E-state index contributed by atoms with van der Waals surface area (Å²) in [5, 5.41) is 9.82. The first kappa shape index (κ1) is 31.6. The normalized spacial score (nSPS) is 28.8. The molecule has 0 bridgehead atoms. The van der Waals surface area contributed by atoms with Gasteiger partial charge in [0.05, 0.1) is 38.0 Å². The Morgan fingerprint density at radius 1 is 1.16 bits per heavy atom. The fourth-order valence-electron chi connectivity index (χ4n) is 7.86. The van der Waals surface area contributed by atoms with E-state index in [2.05, 4.69) is 0 Å². The third kappa shape index (κ3) is 5.62. The Hall–Kier alpha value is -2.80. The van der Waals surface area contributed by atoms with Crippen LogP contribution in [0.3, 0.4) is 0 Å². The summed E-state index contributed by atoms with van der Waals surface area (Å²) in [6.45, 7) is 7.01. The van der Waals surface area contributed by atoms with Crippen molar-refractivity contribution in [1.29, 1.82) is 0 Å². The lowest BCUT2D eigenvalue weighted by atomic mass is 9.82. The molecule has 4 aliphatic heterocycles. The minimum Gasteiger partial charge on any atom is -0.469 e. The molecule has 3 amide bonds. The largest absolute Gasteiger partial charge is 0.469 e. The number of carbonyl (C=O) groups excluding carboxylic acids is 4. The smallest absolute Gasteiger partial charge is 0.305 e. The van der Waals surface area contributed by atoms with E-state index in [0.29, 0.717) is 55.8 Å². The van der Waals surface area contributed by atoms with Crippen LogP contribution in [0.4, 0.5) is 11.4 Å². The molecule has 3 saturated heterocycles. The van der Waals surface area contributed by atoms with Crippen LogP contribution in [0.15, 0.2) is 18.2 Å². The number of aliphatic hydroxyl groups is 1. The molecule has 0 aliphatic carbocycles. The van der Waals surface area contributed by atoms with E-state index in [1.807, 2.05) is 38.2 Å². The highest BCUT2D eigenvalue weighted by Crippen LogP contribution is 2.60. The highest BCUT2D eigenvalue weighted by Gasteiger charge is 2.66. The summed E-state index contributed by atoms with van der Waals surface area (Å²) in [6, 6.07) is 5.38. The topological polar surface area (TPSA) is 137 Å². The molecule has 4 heterocycles. The summed E-state index contributed by atoms with van der Waals surface area (Å²) in [6.07, 6.45) is 3.49. The maximum atomic E-state index is 14.6. The Bertz CT molecular complexity index is 1270. The molecule has 2 N–H and O–H groups in total. The molecular weight excluding hydrogens is 570 g/mol. The molecule has 0 unspecified atom stereocenters. The van der Waals surface area contributed by atoms with Crippen LogP contribution in [0, 0.1) is 5.92 Å². The Kier molecular flexibility index (Phi) is 9.04. The van der Waals surface area contributed by atoms with E-state index < -0.39 is 31.5 Å². The van der Waals surface area contributed by atoms with Crippen LogP contribution < -0.4 is 9.80 Å². The minimum atomic E-state index is -2.98. The average Bonchev–Trinajstić information content (AvgIpc) is 3.73. The zero-order chi connectivity index (χ0) is 31.1. The van der Waals surface area contributed by atoms with Gasteiger partial charge in [-0.15, -0.1) is 0 Å². The molecule has 1 aromatic rings. The molecule has 4 aliphatic rings. The van der Waals surface area contributed by atoms with Crippen molar-refractivity contribution in [1.82, 2.24) is 4.90 Å². The molecule has 3 fully saturated rings. The summed E-state index contributed by atoms with van der Waals surface area (Å²) in [5.74, 6) is -1.10. The fraction of sp³-hybridized carbons (Fsp3) is 0.677.